The van der Waals surface area contributed by atoms with Gasteiger partial charge in [0, 0.05) is 18.3 Å². The quantitative estimate of drug-likeness (QED) is 0.779. The molecule has 0 aliphatic rings. The number of aliphatic hydroxyl groups excluding tert-OH is 1. The van der Waals surface area contributed by atoms with Crippen molar-refractivity contribution >= 4 is 11.2 Å². The van der Waals surface area contributed by atoms with E-state index < -0.39 is 0 Å². The van der Waals surface area contributed by atoms with Gasteiger partial charge in [0.2, 0.25) is 0 Å². The monoisotopic (exact) mass is 253 g/mol. The predicted molar refractivity (Wildman–Crippen MR) is 74.8 cm³/mol. The van der Waals surface area contributed by atoms with Gasteiger partial charge >= 0.3 is 0 Å². The number of rotatable bonds is 3. The zero-order valence-electron chi connectivity index (χ0n) is 10.7. The van der Waals surface area contributed by atoms with E-state index in [2.05, 4.69) is 29.0 Å². The van der Waals surface area contributed by atoms with Crippen LogP contribution in [0.1, 0.15) is 5.56 Å². The van der Waals surface area contributed by atoms with Crippen LogP contribution in [-0.2, 0) is 6.54 Å². The van der Waals surface area contributed by atoms with Gasteiger partial charge in [-0.1, -0.05) is 23.8 Å². The Kier molecular flexibility index (Phi) is 3.01. The highest BCUT2D eigenvalue weighted by molar-refractivity contribution is 5.77. The number of pyridine rings is 1. The first-order chi connectivity index (χ1) is 9.29. The third-order valence-corrected chi connectivity index (χ3v) is 3.10. The van der Waals surface area contributed by atoms with Gasteiger partial charge in [0.15, 0.2) is 5.65 Å². The predicted octanol–water partition coefficient (Wildman–Crippen LogP) is 2.40. The Morgan fingerprint density at radius 2 is 2.11 bits per heavy atom. The SMILES string of the molecule is Cc1cccc(-c2nc3cccnc3n2CCO)c1. The molecular formula is C15H15N3O. The molecule has 0 saturated carbocycles. The summed E-state index contributed by atoms with van der Waals surface area (Å²) in [5, 5.41) is 9.25. The number of imidazole rings is 1. The number of fused-ring (bicyclic) bond motifs is 1. The lowest BCUT2D eigenvalue weighted by Gasteiger charge is -2.07. The van der Waals surface area contributed by atoms with Crippen molar-refractivity contribution in [3.63, 3.8) is 0 Å². The third kappa shape index (κ3) is 2.11. The molecule has 0 amide bonds. The van der Waals surface area contributed by atoms with Gasteiger partial charge in [-0.2, -0.15) is 0 Å². The first-order valence-electron chi connectivity index (χ1n) is 6.29. The van der Waals surface area contributed by atoms with Crippen molar-refractivity contribution in [3.05, 3.63) is 48.2 Å². The first kappa shape index (κ1) is 11.9. The summed E-state index contributed by atoms with van der Waals surface area (Å²) in [6, 6.07) is 12.0. The Hall–Kier alpha value is -2.20. The Morgan fingerprint density at radius 1 is 1.21 bits per heavy atom. The van der Waals surface area contributed by atoms with E-state index in [1.165, 1.54) is 5.56 Å². The van der Waals surface area contributed by atoms with E-state index in [-0.39, 0.29) is 6.61 Å². The highest BCUT2D eigenvalue weighted by Gasteiger charge is 2.12. The third-order valence-electron chi connectivity index (χ3n) is 3.10. The van der Waals surface area contributed by atoms with Gasteiger partial charge in [0.05, 0.1) is 6.61 Å². The molecule has 1 N–H and O–H groups in total. The van der Waals surface area contributed by atoms with Crippen molar-refractivity contribution in [1.82, 2.24) is 14.5 Å². The summed E-state index contributed by atoms with van der Waals surface area (Å²) in [5.41, 5.74) is 3.90. The van der Waals surface area contributed by atoms with Crippen LogP contribution in [0.2, 0.25) is 0 Å². The number of hydrogen-bond donors (Lipinski definition) is 1. The van der Waals surface area contributed by atoms with Gasteiger partial charge in [-0.3, -0.25) is 0 Å². The van der Waals surface area contributed by atoms with E-state index in [4.69, 9.17) is 0 Å². The Morgan fingerprint density at radius 3 is 2.89 bits per heavy atom. The number of benzene rings is 1. The molecule has 2 aromatic heterocycles. The Balaban J connectivity index is 2.25. The molecule has 0 atom stereocenters. The van der Waals surface area contributed by atoms with Crippen LogP contribution in [0, 0.1) is 6.92 Å². The summed E-state index contributed by atoms with van der Waals surface area (Å²) < 4.78 is 1.96. The maximum Gasteiger partial charge on any atom is 0.160 e. The molecule has 0 bridgehead atoms. The summed E-state index contributed by atoms with van der Waals surface area (Å²) in [6.45, 7) is 2.62. The summed E-state index contributed by atoms with van der Waals surface area (Å²) >= 11 is 0. The van der Waals surface area contributed by atoms with Gasteiger partial charge in [-0.05, 0) is 25.1 Å². The molecular weight excluding hydrogens is 238 g/mol. The van der Waals surface area contributed by atoms with Crippen molar-refractivity contribution in [3.8, 4) is 11.4 Å². The average Bonchev–Trinajstić information content (AvgIpc) is 2.79. The Labute approximate surface area is 111 Å². The number of nitrogens with zero attached hydrogens (tertiary/aromatic N) is 3. The van der Waals surface area contributed by atoms with Crippen LogP contribution in [0.4, 0.5) is 0 Å². The van der Waals surface area contributed by atoms with Crippen molar-refractivity contribution in [2.45, 2.75) is 13.5 Å². The van der Waals surface area contributed by atoms with Crippen LogP contribution in [-0.4, -0.2) is 26.2 Å². The molecule has 2 heterocycles. The fourth-order valence-electron chi connectivity index (χ4n) is 2.27. The fraction of sp³-hybridized carbons (Fsp3) is 0.200. The van der Waals surface area contributed by atoms with Gasteiger partial charge in [0.25, 0.3) is 0 Å². The van der Waals surface area contributed by atoms with Crippen LogP contribution in [0.5, 0.6) is 0 Å². The van der Waals surface area contributed by atoms with E-state index in [0.29, 0.717) is 6.54 Å². The van der Waals surface area contributed by atoms with E-state index in [1.54, 1.807) is 6.20 Å². The molecule has 3 rings (SSSR count). The summed E-state index contributed by atoms with van der Waals surface area (Å²) in [4.78, 5) is 8.99. The zero-order chi connectivity index (χ0) is 13.2. The van der Waals surface area contributed by atoms with Crippen molar-refractivity contribution in [2.75, 3.05) is 6.61 Å². The lowest BCUT2D eigenvalue weighted by molar-refractivity contribution is 0.278. The number of aryl methyl sites for hydroxylation is 1. The van der Waals surface area contributed by atoms with E-state index >= 15 is 0 Å². The van der Waals surface area contributed by atoms with Gasteiger partial charge in [0.1, 0.15) is 11.3 Å². The average molecular weight is 253 g/mol. The van der Waals surface area contributed by atoms with Crippen LogP contribution in [0.25, 0.3) is 22.6 Å². The molecule has 96 valence electrons. The minimum atomic E-state index is 0.0703. The maximum absolute atomic E-state index is 9.25. The van der Waals surface area contributed by atoms with Crippen LogP contribution in [0.3, 0.4) is 0 Å². The molecule has 19 heavy (non-hydrogen) atoms. The van der Waals surface area contributed by atoms with Gasteiger partial charge in [-0.15, -0.1) is 0 Å². The standard InChI is InChI=1S/C15H15N3O/c1-11-4-2-5-12(10-11)14-17-13-6-3-7-16-15(13)18(14)8-9-19/h2-7,10,19H,8-9H2,1H3. The fourth-order valence-corrected chi connectivity index (χ4v) is 2.27. The summed E-state index contributed by atoms with van der Waals surface area (Å²) in [7, 11) is 0. The molecule has 4 nitrogen and oxygen atoms in total. The van der Waals surface area contributed by atoms with Crippen LogP contribution >= 0.6 is 0 Å². The maximum atomic E-state index is 9.25. The van der Waals surface area contributed by atoms with Crippen LogP contribution < -0.4 is 0 Å². The molecule has 1 aromatic carbocycles. The van der Waals surface area contributed by atoms with E-state index in [0.717, 1.165) is 22.6 Å². The smallest absolute Gasteiger partial charge is 0.160 e. The van der Waals surface area contributed by atoms with Crippen molar-refractivity contribution < 1.29 is 5.11 Å². The molecule has 3 aromatic rings. The minimum Gasteiger partial charge on any atom is -0.395 e. The highest BCUT2D eigenvalue weighted by atomic mass is 16.3. The number of aliphatic hydroxyl groups is 1. The molecule has 0 spiro atoms. The second kappa shape index (κ2) is 4.82. The highest BCUT2D eigenvalue weighted by Crippen LogP contribution is 2.24. The molecule has 0 unspecified atom stereocenters. The number of hydrogen-bond acceptors (Lipinski definition) is 3. The number of aromatic nitrogens is 3. The second-order valence-electron chi connectivity index (χ2n) is 4.53. The van der Waals surface area contributed by atoms with Crippen molar-refractivity contribution in [2.24, 2.45) is 0 Å². The normalized spacial score (nSPS) is 11.1. The molecule has 0 aliphatic heterocycles. The second-order valence-corrected chi connectivity index (χ2v) is 4.53. The van der Waals surface area contributed by atoms with Crippen LogP contribution in [0.15, 0.2) is 42.6 Å². The molecule has 4 heteroatoms. The van der Waals surface area contributed by atoms with Gasteiger partial charge in [-0.25, -0.2) is 9.97 Å². The minimum absolute atomic E-state index is 0.0703. The molecule has 0 saturated heterocycles. The topological polar surface area (TPSA) is 50.9 Å². The van der Waals surface area contributed by atoms with E-state index in [9.17, 15) is 5.11 Å². The summed E-state index contributed by atoms with van der Waals surface area (Å²) in [5.74, 6) is 0.853. The first-order valence-corrected chi connectivity index (χ1v) is 6.29. The molecule has 0 radical (unpaired) electrons. The molecule has 0 aliphatic carbocycles. The van der Waals surface area contributed by atoms with Gasteiger partial charge < -0.3 is 9.67 Å². The Bertz CT molecular complexity index is 718. The zero-order valence-corrected chi connectivity index (χ0v) is 10.7. The van der Waals surface area contributed by atoms with E-state index in [1.807, 2.05) is 28.8 Å². The summed E-state index contributed by atoms with van der Waals surface area (Å²) in [6.07, 6.45) is 1.75. The largest absolute Gasteiger partial charge is 0.395 e. The molecule has 0 fully saturated rings. The lowest BCUT2D eigenvalue weighted by Crippen LogP contribution is -2.05. The lowest BCUT2D eigenvalue weighted by atomic mass is 10.1. The van der Waals surface area contributed by atoms with Crippen molar-refractivity contribution in [1.29, 1.82) is 0 Å².